The third-order valence-electron chi connectivity index (χ3n) is 2.17. The Labute approximate surface area is 136 Å². The molecule has 0 aliphatic rings. The first kappa shape index (κ1) is 18.8. The molecule has 0 bridgehead atoms. The highest BCUT2D eigenvalue weighted by Crippen LogP contribution is 2.11. The van der Waals surface area contributed by atoms with Crippen LogP contribution in [0.15, 0.2) is 12.3 Å². The van der Waals surface area contributed by atoms with Crippen LogP contribution in [0, 0.1) is 0 Å². The van der Waals surface area contributed by atoms with Gasteiger partial charge in [-0.2, -0.15) is 4.68 Å². The third-order valence-corrected chi connectivity index (χ3v) is 2.17. The summed E-state index contributed by atoms with van der Waals surface area (Å²) in [5.74, 6) is 0.266. The van der Waals surface area contributed by atoms with E-state index in [1.54, 1.807) is 41.5 Å². The van der Waals surface area contributed by atoms with Gasteiger partial charge in [-0.15, -0.1) is 5.10 Å². The van der Waals surface area contributed by atoms with Crippen LogP contribution in [0.1, 0.15) is 41.5 Å². The van der Waals surface area contributed by atoms with Gasteiger partial charge in [-0.1, -0.05) is 0 Å². The first-order chi connectivity index (χ1) is 10.5. The third kappa shape index (κ3) is 8.08. The lowest BCUT2D eigenvalue weighted by atomic mass is 10.2. The van der Waals surface area contributed by atoms with Gasteiger partial charge in [0.2, 0.25) is 5.88 Å². The van der Waals surface area contributed by atoms with Crippen molar-refractivity contribution in [2.45, 2.75) is 52.7 Å². The van der Waals surface area contributed by atoms with Crippen molar-refractivity contribution in [3.63, 3.8) is 0 Å². The van der Waals surface area contributed by atoms with Crippen molar-refractivity contribution in [2.75, 3.05) is 13.2 Å². The highest BCUT2D eigenvalue weighted by molar-refractivity contribution is 5.69. The molecule has 8 nitrogen and oxygen atoms in total. The Kier molecular flexibility index (Phi) is 6.00. The quantitative estimate of drug-likeness (QED) is 0.855. The molecule has 1 aromatic rings. The molecule has 1 N–H and O–H groups in total. The van der Waals surface area contributed by atoms with Gasteiger partial charge in [-0.3, -0.25) is 0 Å². The summed E-state index contributed by atoms with van der Waals surface area (Å²) in [6.07, 6.45) is 0.352. The molecule has 0 radical (unpaired) electrons. The lowest BCUT2D eigenvalue weighted by Crippen LogP contribution is -2.34. The molecule has 1 heterocycles. The number of rotatable bonds is 4. The lowest BCUT2D eigenvalue weighted by molar-refractivity contribution is 0.0509. The highest BCUT2D eigenvalue weighted by Gasteiger charge is 2.19. The molecule has 130 valence electrons. The number of carbonyl (C=O) groups excluding carboxylic acids is 2. The number of ether oxygens (including phenoxy) is 3. The fourth-order valence-corrected chi connectivity index (χ4v) is 1.42. The summed E-state index contributed by atoms with van der Waals surface area (Å²) >= 11 is 0. The highest BCUT2D eigenvalue weighted by atomic mass is 16.6. The van der Waals surface area contributed by atoms with Crippen LogP contribution in [0.3, 0.4) is 0 Å². The minimum absolute atomic E-state index is 0.199. The van der Waals surface area contributed by atoms with E-state index in [2.05, 4.69) is 10.4 Å². The minimum Gasteiger partial charge on any atom is -0.475 e. The molecule has 0 atom stereocenters. The van der Waals surface area contributed by atoms with E-state index in [1.165, 1.54) is 12.3 Å². The van der Waals surface area contributed by atoms with Crippen LogP contribution in [-0.2, 0) is 9.47 Å². The number of nitrogens with one attached hydrogen (secondary N) is 1. The first-order valence-electron chi connectivity index (χ1n) is 7.35. The Morgan fingerprint density at radius 3 is 2.30 bits per heavy atom. The predicted octanol–water partition coefficient (Wildman–Crippen LogP) is 2.57. The number of carbonyl (C=O) groups is 2. The van der Waals surface area contributed by atoms with Crippen molar-refractivity contribution < 1.29 is 23.8 Å². The number of amides is 1. The van der Waals surface area contributed by atoms with E-state index < -0.39 is 23.4 Å². The zero-order valence-electron chi connectivity index (χ0n) is 14.5. The molecule has 0 saturated carbocycles. The van der Waals surface area contributed by atoms with Crippen molar-refractivity contribution in [3.8, 4) is 5.88 Å². The van der Waals surface area contributed by atoms with Crippen LogP contribution < -0.4 is 10.1 Å². The molecule has 8 heteroatoms. The van der Waals surface area contributed by atoms with Crippen molar-refractivity contribution in [2.24, 2.45) is 0 Å². The van der Waals surface area contributed by atoms with Crippen molar-refractivity contribution in [1.82, 2.24) is 15.1 Å². The van der Waals surface area contributed by atoms with Gasteiger partial charge < -0.3 is 19.5 Å². The van der Waals surface area contributed by atoms with Crippen molar-refractivity contribution >= 4 is 12.2 Å². The number of hydrogen-bond donors (Lipinski definition) is 1. The summed E-state index contributed by atoms with van der Waals surface area (Å²) in [6.45, 7) is 11.1. The normalized spacial score (nSPS) is 11.7. The van der Waals surface area contributed by atoms with Crippen molar-refractivity contribution in [1.29, 1.82) is 0 Å². The molecule has 0 spiro atoms. The maximum atomic E-state index is 11.8. The van der Waals surface area contributed by atoms with E-state index in [-0.39, 0.29) is 19.0 Å². The van der Waals surface area contributed by atoms with Gasteiger partial charge in [0, 0.05) is 12.3 Å². The average molecular weight is 327 g/mol. The second-order valence-corrected chi connectivity index (χ2v) is 6.86. The standard InChI is InChI=1S/C15H25N3O5/c1-14(2,3)22-12(19)16-8-10-21-11-7-9-18(17-11)13(20)23-15(4,5)6/h7,9H,8,10H2,1-6H3,(H,16,19). The van der Waals surface area contributed by atoms with Crippen LogP contribution in [0.2, 0.25) is 0 Å². The molecule has 0 unspecified atom stereocenters. The molecule has 0 saturated heterocycles. The van der Waals surface area contributed by atoms with E-state index in [1.807, 2.05) is 0 Å². The molecule has 23 heavy (non-hydrogen) atoms. The Bertz CT molecular complexity index is 540. The predicted molar refractivity (Wildman–Crippen MR) is 83.6 cm³/mol. The summed E-state index contributed by atoms with van der Waals surface area (Å²) in [6, 6.07) is 1.54. The summed E-state index contributed by atoms with van der Waals surface area (Å²) < 4.78 is 16.7. The van der Waals surface area contributed by atoms with Gasteiger partial charge in [0.1, 0.15) is 17.8 Å². The molecule has 0 fully saturated rings. The number of nitrogens with zero attached hydrogens (tertiary/aromatic N) is 2. The number of alkyl carbamates (subject to hydrolysis) is 1. The van der Waals surface area contributed by atoms with Gasteiger partial charge in [0.05, 0.1) is 6.54 Å². The maximum Gasteiger partial charge on any atom is 0.435 e. The van der Waals surface area contributed by atoms with Crippen molar-refractivity contribution in [3.05, 3.63) is 12.3 Å². The average Bonchev–Trinajstić information content (AvgIpc) is 2.79. The molecule has 1 amide bonds. The molecular weight excluding hydrogens is 302 g/mol. The fraction of sp³-hybridized carbons (Fsp3) is 0.667. The monoisotopic (exact) mass is 327 g/mol. The molecule has 1 rings (SSSR count). The van der Waals surface area contributed by atoms with Crippen LogP contribution in [0.4, 0.5) is 9.59 Å². The number of hydrogen-bond acceptors (Lipinski definition) is 6. The maximum absolute atomic E-state index is 11.8. The van der Waals surface area contributed by atoms with Gasteiger partial charge >= 0.3 is 12.2 Å². The Hall–Kier alpha value is -2.25. The van der Waals surface area contributed by atoms with E-state index >= 15 is 0 Å². The number of aromatic nitrogens is 2. The van der Waals surface area contributed by atoms with E-state index in [0.717, 1.165) is 4.68 Å². The summed E-state index contributed by atoms with van der Waals surface area (Å²) in [5, 5.41) is 6.50. The topological polar surface area (TPSA) is 91.7 Å². The van der Waals surface area contributed by atoms with Crippen LogP contribution in [0.25, 0.3) is 0 Å². The molecular formula is C15H25N3O5. The second-order valence-electron chi connectivity index (χ2n) is 6.86. The van der Waals surface area contributed by atoms with Gasteiger partial charge in [-0.05, 0) is 41.5 Å². The zero-order valence-corrected chi connectivity index (χ0v) is 14.5. The lowest BCUT2D eigenvalue weighted by Gasteiger charge is -2.19. The Balaban J connectivity index is 2.34. The SMILES string of the molecule is CC(C)(C)OC(=O)NCCOc1ccn(C(=O)OC(C)(C)C)n1. The zero-order chi connectivity index (χ0) is 17.7. The minimum atomic E-state index is -0.596. The van der Waals surface area contributed by atoms with E-state index in [4.69, 9.17) is 14.2 Å². The molecule has 0 aromatic carbocycles. The fourth-order valence-electron chi connectivity index (χ4n) is 1.42. The van der Waals surface area contributed by atoms with Gasteiger partial charge in [0.15, 0.2) is 0 Å². The van der Waals surface area contributed by atoms with Crippen LogP contribution >= 0.6 is 0 Å². The first-order valence-corrected chi connectivity index (χ1v) is 7.35. The van der Waals surface area contributed by atoms with Gasteiger partial charge in [-0.25, -0.2) is 9.59 Å². The Morgan fingerprint density at radius 2 is 1.74 bits per heavy atom. The molecule has 0 aliphatic carbocycles. The Morgan fingerprint density at radius 1 is 1.13 bits per heavy atom. The largest absolute Gasteiger partial charge is 0.475 e. The molecule has 1 aromatic heterocycles. The van der Waals surface area contributed by atoms with Crippen LogP contribution in [-0.4, -0.2) is 46.3 Å². The molecule has 0 aliphatic heterocycles. The van der Waals surface area contributed by atoms with E-state index in [0.29, 0.717) is 0 Å². The van der Waals surface area contributed by atoms with E-state index in [9.17, 15) is 9.59 Å². The summed E-state index contributed by atoms with van der Waals surface area (Å²) in [7, 11) is 0. The smallest absolute Gasteiger partial charge is 0.435 e. The van der Waals surface area contributed by atoms with Crippen LogP contribution in [0.5, 0.6) is 5.88 Å². The van der Waals surface area contributed by atoms with Gasteiger partial charge in [0.25, 0.3) is 0 Å². The summed E-state index contributed by atoms with van der Waals surface area (Å²) in [4.78, 5) is 23.2. The summed E-state index contributed by atoms with van der Waals surface area (Å²) in [5.41, 5.74) is -1.14. The second kappa shape index (κ2) is 7.34.